The van der Waals surface area contributed by atoms with Crippen LogP contribution >= 0.6 is 0 Å². The number of hydrogen-bond acceptors (Lipinski definition) is 4. The summed E-state index contributed by atoms with van der Waals surface area (Å²) in [7, 11) is 0. The number of aromatic nitrogens is 2. The molecule has 27 heavy (non-hydrogen) atoms. The average molecular weight is 360 g/mol. The molecule has 0 bridgehead atoms. The second-order valence-electron chi connectivity index (χ2n) is 6.80. The summed E-state index contributed by atoms with van der Waals surface area (Å²) in [6.07, 6.45) is 7.13. The zero-order valence-electron chi connectivity index (χ0n) is 14.4. The van der Waals surface area contributed by atoms with Crippen LogP contribution in [0.15, 0.2) is 61.1 Å². The molecule has 3 aromatic rings. The van der Waals surface area contributed by atoms with Gasteiger partial charge in [0, 0.05) is 48.5 Å². The predicted molar refractivity (Wildman–Crippen MR) is 107 cm³/mol. The Balaban J connectivity index is 0.00000210. The molecule has 0 fully saturated rings. The highest BCUT2D eigenvalue weighted by Gasteiger charge is 2.20. The van der Waals surface area contributed by atoms with Crippen LogP contribution in [-0.4, -0.2) is 27.5 Å². The Morgan fingerprint density at radius 1 is 1.00 bits per heavy atom. The number of ketones is 1. The second-order valence-corrected chi connectivity index (χ2v) is 6.80. The van der Waals surface area contributed by atoms with E-state index in [1.54, 1.807) is 0 Å². The third kappa shape index (κ3) is 4.12. The molecule has 4 rings (SSSR count). The predicted octanol–water partition coefficient (Wildman–Crippen LogP) is 3.77. The fourth-order valence-electron chi connectivity index (χ4n) is 3.53. The van der Waals surface area contributed by atoms with Crippen molar-refractivity contribution >= 4 is 5.78 Å². The van der Waals surface area contributed by atoms with Crippen molar-refractivity contribution in [2.45, 2.75) is 32.6 Å². The molecule has 1 aliphatic rings. The van der Waals surface area contributed by atoms with Crippen molar-refractivity contribution in [2.24, 2.45) is 0 Å². The summed E-state index contributed by atoms with van der Waals surface area (Å²) in [4.78, 5) is 20.4. The number of fused-ring (bicyclic) bond motifs is 1. The molecule has 2 aromatic heterocycles. The molecule has 4 nitrogen and oxygen atoms in total. The molecular weight excluding hydrogens is 336 g/mol. The second kappa shape index (κ2) is 8.23. The minimum absolute atomic E-state index is 0. The Bertz CT molecular complexity index is 938. The Hall–Kier alpha value is -2.85. The van der Waals surface area contributed by atoms with Gasteiger partial charge in [0.15, 0.2) is 0 Å². The first-order chi connectivity index (χ1) is 12.7. The molecule has 0 aliphatic heterocycles. The van der Waals surface area contributed by atoms with Gasteiger partial charge in [-0.2, -0.15) is 0 Å². The van der Waals surface area contributed by atoms with E-state index in [9.17, 15) is 9.90 Å². The first-order valence-electron chi connectivity index (χ1n) is 8.82. The first-order valence-corrected chi connectivity index (χ1v) is 8.82. The Morgan fingerprint density at radius 3 is 2.56 bits per heavy atom. The van der Waals surface area contributed by atoms with Gasteiger partial charge >= 0.3 is 0 Å². The van der Waals surface area contributed by atoms with Crippen molar-refractivity contribution in [1.29, 1.82) is 0 Å². The largest absolute Gasteiger partial charge is 0.396 e. The van der Waals surface area contributed by atoms with Gasteiger partial charge in [-0.05, 0) is 35.2 Å². The number of rotatable bonds is 5. The van der Waals surface area contributed by atoms with E-state index in [-0.39, 0.29) is 25.7 Å². The lowest BCUT2D eigenvalue weighted by molar-refractivity contribution is -0.117. The molecule has 0 unspecified atom stereocenters. The molecule has 138 valence electrons. The molecule has 0 radical (unpaired) electrons. The van der Waals surface area contributed by atoms with Crippen molar-refractivity contribution < 1.29 is 9.90 Å². The maximum absolute atomic E-state index is 11.6. The lowest BCUT2D eigenvalue weighted by Gasteiger charge is -2.15. The van der Waals surface area contributed by atoms with Gasteiger partial charge in [0.25, 0.3) is 0 Å². The number of Topliss-reactive ketones (excluding diaryl/α,β-unsaturated/α-hetero) is 1. The fraction of sp³-hybridized carbons (Fsp3) is 0.261. The molecule has 1 aromatic carbocycles. The van der Waals surface area contributed by atoms with Gasteiger partial charge in [-0.3, -0.25) is 14.8 Å². The SMILES string of the molecule is C.O=C1Cc2cc(-c3cncc(C[C@@H](CO)c4ccccc4)c3)cnc2C1. The van der Waals surface area contributed by atoms with E-state index < -0.39 is 0 Å². The summed E-state index contributed by atoms with van der Waals surface area (Å²) < 4.78 is 0. The van der Waals surface area contributed by atoms with Crippen LogP contribution in [0.3, 0.4) is 0 Å². The number of pyridine rings is 2. The number of carbonyl (C=O) groups is 1. The molecule has 1 aliphatic carbocycles. The zero-order chi connectivity index (χ0) is 17.9. The van der Waals surface area contributed by atoms with Crippen LogP contribution in [0.1, 0.15) is 35.7 Å². The Labute approximate surface area is 159 Å². The van der Waals surface area contributed by atoms with Crippen LogP contribution in [0.2, 0.25) is 0 Å². The van der Waals surface area contributed by atoms with Gasteiger partial charge in [0.05, 0.1) is 12.3 Å². The van der Waals surface area contributed by atoms with Crippen molar-refractivity contribution in [3.05, 3.63) is 83.4 Å². The fourth-order valence-corrected chi connectivity index (χ4v) is 3.53. The smallest absolute Gasteiger partial charge is 0.143 e. The number of carbonyl (C=O) groups excluding carboxylic acids is 1. The molecule has 2 heterocycles. The van der Waals surface area contributed by atoms with Crippen molar-refractivity contribution in [3.63, 3.8) is 0 Å². The topological polar surface area (TPSA) is 63.1 Å². The summed E-state index contributed by atoms with van der Waals surface area (Å²) in [6, 6.07) is 14.2. The standard InChI is InChI=1S/C22H20N2O2.CH4/c25-14-20(16-4-2-1-3-5-16)7-15-6-18(12-23-11-15)19-8-17-9-21(26)10-22(17)24-13-19;/h1-6,8,11-13,20,25H,7,9-10,14H2;1H4/t20-;/m0./s1. The van der Waals surface area contributed by atoms with Crippen LogP contribution in [0.5, 0.6) is 0 Å². The van der Waals surface area contributed by atoms with Gasteiger partial charge in [0.1, 0.15) is 5.78 Å². The van der Waals surface area contributed by atoms with E-state index in [4.69, 9.17) is 0 Å². The monoisotopic (exact) mass is 360 g/mol. The van der Waals surface area contributed by atoms with E-state index in [2.05, 4.69) is 22.1 Å². The van der Waals surface area contributed by atoms with E-state index in [1.165, 1.54) is 0 Å². The molecule has 0 amide bonds. The summed E-state index contributed by atoms with van der Waals surface area (Å²) in [5.74, 6) is 0.272. The third-order valence-electron chi connectivity index (χ3n) is 4.91. The molecular formula is C23H24N2O2. The lowest BCUT2D eigenvalue weighted by Crippen LogP contribution is -2.08. The summed E-state index contributed by atoms with van der Waals surface area (Å²) in [5.41, 5.74) is 6.08. The highest BCUT2D eigenvalue weighted by Crippen LogP contribution is 2.27. The highest BCUT2D eigenvalue weighted by atomic mass is 16.3. The summed E-state index contributed by atoms with van der Waals surface area (Å²) in [5, 5.41) is 9.80. The van der Waals surface area contributed by atoms with E-state index in [1.807, 2.05) is 48.9 Å². The van der Waals surface area contributed by atoms with Crippen molar-refractivity contribution in [3.8, 4) is 11.1 Å². The highest BCUT2D eigenvalue weighted by molar-refractivity contribution is 5.87. The molecule has 4 heteroatoms. The van der Waals surface area contributed by atoms with Crippen molar-refractivity contribution in [1.82, 2.24) is 9.97 Å². The van der Waals surface area contributed by atoms with Gasteiger partial charge < -0.3 is 5.11 Å². The van der Waals surface area contributed by atoms with E-state index in [0.717, 1.165) is 39.9 Å². The van der Waals surface area contributed by atoms with Crippen LogP contribution in [0, 0.1) is 0 Å². The van der Waals surface area contributed by atoms with Crippen LogP contribution in [0.4, 0.5) is 0 Å². The number of hydrogen-bond donors (Lipinski definition) is 1. The molecule has 0 saturated carbocycles. The molecule has 0 saturated heterocycles. The molecule has 1 atom stereocenters. The average Bonchev–Trinajstić information content (AvgIpc) is 3.06. The number of benzene rings is 1. The van der Waals surface area contributed by atoms with Gasteiger partial charge in [0.2, 0.25) is 0 Å². The van der Waals surface area contributed by atoms with E-state index in [0.29, 0.717) is 12.8 Å². The van der Waals surface area contributed by atoms with Crippen LogP contribution in [-0.2, 0) is 24.1 Å². The Morgan fingerprint density at radius 2 is 1.78 bits per heavy atom. The molecule has 0 spiro atoms. The minimum Gasteiger partial charge on any atom is -0.396 e. The van der Waals surface area contributed by atoms with Crippen molar-refractivity contribution in [2.75, 3.05) is 6.61 Å². The summed E-state index contributed by atoms with van der Waals surface area (Å²) in [6.45, 7) is 0.0940. The van der Waals surface area contributed by atoms with Gasteiger partial charge in [-0.1, -0.05) is 37.8 Å². The zero-order valence-corrected chi connectivity index (χ0v) is 14.4. The quantitative estimate of drug-likeness (QED) is 0.752. The normalized spacial score (nSPS) is 13.7. The first kappa shape index (κ1) is 18.9. The minimum atomic E-state index is 0. The van der Waals surface area contributed by atoms with Crippen LogP contribution < -0.4 is 0 Å². The summed E-state index contributed by atoms with van der Waals surface area (Å²) >= 11 is 0. The number of nitrogens with zero attached hydrogens (tertiary/aromatic N) is 2. The Kier molecular flexibility index (Phi) is 5.77. The number of aliphatic hydroxyl groups is 1. The maximum Gasteiger partial charge on any atom is 0.143 e. The van der Waals surface area contributed by atoms with Crippen LogP contribution in [0.25, 0.3) is 11.1 Å². The third-order valence-corrected chi connectivity index (χ3v) is 4.91. The van der Waals surface area contributed by atoms with E-state index >= 15 is 0 Å². The maximum atomic E-state index is 11.6. The van der Waals surface area contributed by atoms with Gasteiger partial charge in [-0.15, -0.1) is 0 Å². The van der Waals surface area contributed by atoms with Gasteiger partial charge in [-0.25, -0.2) is 0 Å². The molecule has 1 N–H and O–H groups in total. The lowest BCUT2D eigenvalue weighted by atomic mass is 9.92. The number of aliphatic hydroxyl groups excluding tert-OH is 1.